The lowest BCUT2D eigenvalue weighted by atomic mass is 10.1. The molecule has 0 saturated carbocycles. The van der Waals surface area contributed by atoms with Crippen molar-refractivity contribution in [1.29, 1.82) is 0 Å². The van der Waals surface area contributed by atoms with E-state index in [0.29, 0.717) is 10.6 Å². The molecule has 0 aliphatic heterocycles. The zero-order chi connectivity index (χ0) is 30.5. The predicted octanol–water partition coefficient (Wildman–Crippen LogP) is 6.18. The Bertz CT molecular complexity index is 1510. The van der Waals surface area contributed by atoms with Gasteiger partial charge in [0.1, 0.15) is 18.3 Å². The molecule has 41 heavy (non-hydrogen) atoms. The van der Waals surface area contributed by atoms with Crippen LogP contribution >= 0.6 is 34.8 Å². The van der Waals surface area contributed by atoms with Crippen LogP contribution in [0.25, 0.3) is 0 Å². The SMILES string of the molecule is COc1ccc(Cl)cc1N(CC(=O)N(Cc1ccc(Cl)c(Cl)c1)[C@H](C)C(=O)NC(C)(C)C)S(=O)(=O)c1ccccc1. The number of nitrogens with one attached hydrogen (secondary N) is 1. The Morgan fingerprint density at radius 1 is 0.951 bits per heavy atom. The molecule has 0 heterocycles. The molecule has 2 amide bonds. The van der Waals surface area contributed by atoms with Crippen LogP contribution in [0.4, 0.5) is 5.69 Å². The minimum Gasteiger partial charge on any atom is -0.495 e. The van der Waals surface area contributed by atoms with Gasteiger partial charge in [-0.1, -0.05) is 59.1 Å². The van der Waals surface area contributed by atoms with Gasteiger partial charge in [0.25, 0.3) is 10.0 Å². The first-order chi connectivity index (χ1) is 19.1. The number of carbonyl (C=O) groups is 2. The molecule has 3 aromatic rings. The van der Waals surface area contributed by atoms with E-state index in [-0.39, 0.29) is 32.9 Å². The molecule has 8 nitrogen and oxygen atoms in total. The summed E-state index contributed by atoms with van der Waals surface area (Å²) in [6.07, 6.45) is 0. The molecular formula is C29H32Cl3N3O5S. The number of nitrogens with zero attached hydrogens (tertiary/aromatic N) is 2. The number of hydrogen-bond donors (Lipinski definition) is 1. The number of benzene rings is 3. The third-order valence-corrected chi connectivity index (χ3v) is 8.77. The molecule has 1 N–H and O–H groups in total. The zero-order valence-electron chi connectivity index (χ0n) is 23.3. The van der Waals surface area contributed by atoms with E-state index in [0.717, 1.165) is 4.31 Å². The maximum absolute atomic E-state index is 14.1. The molecule has 12 heteroatoms. The summed E-state index contributed by atoms with van der Waals surface area (Å²) in [6, 6.07) is 16.1. The summed E-state index contributed by atoms with van der Waals surface area (Å²) in [5.74, 6) is -0.867. The Labute approximate surface area is 256 Å². The molecular weight excluding hydrogens is 609 g/mol. The number of hydrogen-bond acceptors (Lipinski definition) is 5. The van der Waals surface area contributed by atoms with E-state index in [1.165, 1.54) is 36.3 Å². The topological polar surface area (TPSA) is 96.0 Å². The number of amides is 2. The van der Waals surface area contributed by atoms with Crippen molar-refractivity contribution in [1.82, 2.24) is 10.2 Å². The van der Waals surface area contributed by atoms with Gasteiger partial charge in [-0.2, -0.15) is 0 Å². The second kappa shape index (κ2) is 13.3. The van der Waals surface area contributed by atoms with Crippen molar-refractivity contribution in [2.75, 3.05) is 18.0 Å². The van der Waals surface area contributed by atoms with Crippen LogP contribution in [-0.4, -0.2) is 50.4 Å². The van der Waals surface area contributed by atoms with Crippen molar-refractivity contribution in [3.8, 4) is 5.75 Å². The van der Waals surface area contributed by atoms with Crippen LogP contribution in [0.2, 0.25) is 15.1 Å². The first-order valence-corrected chi connectivity index (χ1v) is 15.2. The average molecular weight is 641 g/mol. The maximum atomic E-state index is 14.1. The maximum Gasteiger partial charge on any atom is 0.264 e. The van der Waals surface area contributed by atoms with Gasteiger partial charge in [-0.3, -0.25) is 13.9 Å². The number of rotatable bonds is 10. The average Bonchev–Trinajstić information content (AvgIpc) is 2.91. The molecule has 220 valence electrons. The van der Waals surface area contributed by atoms with Crippen LogP contribution < -0.4 is 14.4 Å². The van der Waals surface area contributed by atoms with Crippen molar-refractivity contribution in [3.63, 3.8) is 0 Å². The second-order valence-electron chi connectivity index (χ2n) is 10.3. The Morgan fingerprint density at radius 3 is 2.20 bits per heavy atom. The van der Waals surface area contributed by atoms with Gasteiger partial charge >= 0.3 is 0 Å². The molecule has 3 rings (SSSR count). The highest BCUT2D eigenvalue weighted by atomic mass is 35.5. The van der Waals surface area contributed by atoms with Crippen molar-refractivity contribution in [2.24, 2.45) is 0 Å². The molecule has 0 unspecified atom stereocenters. The minimum absolute atomic E-state index is 0.0376. The molecule has 3 aromatic carbocycles. The lowest BCUT2D eigenvalue weighted by Crippen LogP contribution is -2.54. The van der Waals surface area contributed by atoms with Crippen LogP contribution in [0, 0.1) is 0 Å². The molecule has 0 aliphatic carbocycles. The van der Waals surface area contributed by atoms with Gasteiger partial charge in [-0.15, -0.1) is 0 Å². The van der Waals surface area contributed by atoms with Crippen molar-refractivity contribution in [2.45, 2.75) is 50.7 Å². The summed E-state index contributed by atoms with van der Waals surface area (Å²) in [5.41, 5.74) is 0.0972. The van der Waals surface area contributed by atoms with Crippen LogP contribution in [0.1, 0.15) is 33.3 Å². The molecule has 0 radical (unpaired) electrons. The molecule has 0 spiro atoms. The summed E-state index contributed by atoms with van der Waals surface area (Å²) in [5, 5.41) is 3.73. The standard InChI is InChI=1S/C29H32Cl3N3O5S/c1-19(28(37)33-29(2,3)4)34(17-20-11-13-23(31)24(32)15-20)27(36)18-35(25-16-21(30)12-14-26(25)40-5)41(38,39)22-9-7-6-8-10-22/h6-16,19H,17-18H2,1-5H3,(H,33,37)/t19-/m1/s1. The van der Waals surface area contributed by atoms with E-state index in [4.69, 9.17) is 39.5 Å². The van der Waals surface area contributed by atoms with E-state index >= 15 is 0 Å². The number of sulfonamides is 1. The predicted molar refractivity (Wildman–Crippen MR) is 163 cm³/mol. The van der Waals surface area contributed by atoms with Gasteiger partial charge in [0, 0.05) is 17.1 Å². The first kappa shape index (κ1) is 32.5. The zero-order valence-corrected chi connectivity index (χ0v) is 26.4. The van der Waals surface area contributed by atoms with Gasteiger partial charge in [0.15, 0.2) is 0 Å². The Balaban J connectivity index is 2.11. The highest BCUT2D eigenvalue weighted by Gasteiger charge is 2.34. The van der Waals surface area contributed by atoms with Crippen molar-refractivity contribution < 1.29 is 22.7 Å². The Morgan fingerprint density at radius 2 is 1.61 bits per heavy atom. The highest BCUT2D eigenvalue weighted by Crippen LogP contribution is 2.35. The van der Waals surface area contributed by atoms with E-state index in [1.54, 1.807) is 49.4 Å². The monoisotopic (exact) mass is 639 g/mol. The summed E-state index contributed by atoms with van der Waals surface area (Å²) in [6.45, 7) is 6.35. The molecule has 0 fully saturated rings. The molecule has 0 saturated heterocycles. The molecule has 1 atom stereocenters. The van der Waals surface area contributed by atoms with Crippen LogP contribution in [0.3, 0.4) is 0 Å². The van der Waals surface area contributed by atoms with Crippen LogP contribution in [0.15, 0.2) is 71.6 Å². The van der Waals surface area contributed by atoms with Gasteiger partial charge < -0.3 is 15.0 Å². The number of anilines is 1. The van der Waals surface area contributed by atoms with E-state index in [1.807, 2.05) is 20.8 Å². The second-order valence-corrected chi connectivity index (χ2v) is 13.4. The highest BCUT2D eigenvalue weighted by molar-refractivity contribution is 7.92. The largest absolute Gasteiger partial charge is 0.495 e. The van der Waals surface area contributed by atoms with E-state index < -0.39 is 40.0 Å². The summed E-state index contributed by atoms with van der Waals surface area (Å²) in [4.78, 5) is 28.5. The lowest BCUT2D eigenvalue weighted by molar-refractivity contribution is -0.140. The Kier molecular flexibility index (Phi) is 10.6. The third kappa shape index (κ3) is 8.29. The van der Waals surface area contributed by atoms with Gasteiger partial charge in [0.05, 0.1) is 27.7 Å². The normalized spacial score (nSPS) is 12.4. The van der Waals surface area contributed by atoms with E-state index in [9.17, 15) is 18.0 Å². The number of methoxy groups -OCH3 is 1. The number of ether oxygens (including phenoxy) is 1. The van der Waals surface area contributed by atoms with Crippen LogP contribution in [0.5, 0.6) is 5.75 Å². The van der Waals surface area contributed by atoms with Crippen molar-refractivity contribution >= 4 is 62.3 Å². The fraction of sp³-hybridized carbons (Fsp3) is 0.310. The van der Waals surface area contributed by atoms with E-state index in [2.05, 4.69) is 5.32 Å². The quantitative estimate of drug-likeness (QED) is 0.286. The number of halogens is 3. The number of carbonyl (C=O) groups excluding carboxylic acids is 2. The van der Waals surface area contributed by atoms with Gasteiger partial charge in [-0.25, -0.2) is 8.42 Å². The fourth-order valence-electron chi connectivity index (χ4n) is 3.98. The molecule has 0 aromatic heterocycles. The minimum atomic E-state index is -4.28. The smallest absolute Gasteiger partial charge is 0.264 e. The summed E-state index contributed by atoms with van der Waals surface area (Å²) >= 11 is 18.5. The van der Waals surface area contributed by atoms with Crippen LogP contribution in [-0.2, 0) is 26.2 Å². The first-order valence-electron chi connectivity index (χ1n) is 12.6. The molecule has 0 aliphatic rings. The fourth-order valence-corrected chi connectivity index (χ4v) is 5.91. The summed E-state index contributed by atoms with van der Waals surface area (Å²) < 4.78 is 34.3. The van der Waals surface area contributed by atoms with Gasteiger partial charge in [0.2, 0.25) is 11.8 Å². The Hall–Kier alpha value is -2.98. The lowest BCUT2D eigenvalue weighted by Gasteiger charge is -2.33. The third-order valence-electron chi connectivity index (χ3n) is 6.02. The van der Waals surface area contributed by atoms with Gasteiger partial charge in [-0.05, 0) is 75.7 Å². The van der Waals surface area contributed by atoms with Crippen molar-refractivity contribution in [3.05, 3.63) is 87.4 Å². The summed E-state index contributed by atoms with van der Waals surface area (Å²) in [7, 11) is -2.90. The molecule has 0 bridgehead atoms.